The number of amides is 2. The lowest BCUT2D eigenvalue weighted by molar-refractivity contribution is -0.118. The zero-order chi connectivity index (χ0) is 21.0. The van der Waals surface area contributed by atoms with Gasteiger partial charge in [0.05, 0.1) is 23.9 Å². The summed E-state index contributed by atoms with van der Waals surface area (Å²) in [7, 11) is 0. The van der Waals surface area contributed by atoms with Gasteiger partial charge in [0.1, 0.15) is 6.04 Å². The van der Waals surface area contributed by atoms with E-state index < -0.39 is 6.04 Å². The van der Waals surface area contributed by atoms with Crippen LogP contribution in [0.2, 0.25) is 5.02 Å². The number of benzene rings is 2. The van der Waals surface area contributed by atoms with Gasteiger partial charge in [-0.1, -0.05) is 43.1 Å². The Labute approximate surface area is 175 Å². The summed E-state index contributed by atoms with van der Waals surface area (Å²) in [4.78, 5) is 25.5. The number of aryl methyl sites for hydroxylation is 1. The first-order valence-corrected chi connectivity index (χ1v) is 10.0. The molecule has 1 aliphatic rings. The fraction of sp³-hybridized carbons (Fsp3) is 0.364. The maximum atomic E-state index is 12.9. The van der Waals surface area contributed by atoms with E-state index in [1.54, 1.807) is 24.3 Å². The molecule has 0 fully saturated rings. The summed E-state index contributed by atoms with van der Waals surface area (Å²) in [5.74, 6) is 0.314. The van der Waals surface area contributed by atoms with Crippen LogP contribution >= 0.6 is 11.6 Å². The van der Waals surface area contributed by atoms with Gasteiger partial charge in [-0.3, -0.25) is 9.59 Å². The normalized spacial score (nSPS) is 14.1. The van der Waals surface area contributed by atoms with Gasteiger partial charge in [0.2, 0.25) is 5.91 Å². The fourth-order valence-corrected chi connectivity index (χ4v) is 3.16. The molecule has 0 radical (unpaired) electrons. The Morgan fingerprint density at radius 3 is 2.28 bits per heavy atom. The molecule has 154 valence electrons. The van der Waals surface area contributed by atoms with E-state index in [0.29, 0.717) is 41.0 Å². The van der Waals surface area contributed by atoms with E-state index in [1.807, 2.05) is 32.9 Å². The van der Waals surface area contributed by atoms with Crippen molar-refractivity contribution in [3.05, 3.63) is 52.5 Å². The Hall–Kier alpha value is -2.73. The highest BCUT2D eigenvalue weighted by Gasteiger charge is 2.26. The van der Waals surface area contributed by atoms with Gasteiger partial charge in [-0.2, -0.15) is 0 Å². The van der Waals surface area contributed by atoms with Gasteiger partial charge in [0.25, 0.3) is 5.91 Å². The van der Waals surface area contributed by atoms with Crippen molar-refractivity contribution in [1.29, 1.82) is 0 Å². The van der Waals surface area contributed by atoms with Crippen LogP contribution in [0.4, 0.5) is 5.69 Å². The van der Waals surface area contributed by atoms with Crippen LogP contribution in [0, 0.1) is 12.8 Å². The van der Waals surface area contributed by atoms with Crippen molar-refractivity contribution in [1.82, 2.24) is 5.32 Å². The first-order valence-electron chi connectivity index (χ1n) is 9.62. The van der Waals surface area contributed by atoms with E-state index in [4.69, 9.17) is 21.1 Å². The minimum atomic E-state index is -0.726. The molecule has 2 aromatic rings. The van der Waals surface area contributed by atoms with E-state index in [9.17, 15) is 9.59 Å². The molecule has 0 spiro atoms. The van der Waals surface area contributed by atoms with Crippen LogP contribution in [-0.4, -0.2) is 31.1 Å². The monoisotopic (exact) mass is 416 g/mol. The molecule has 1 aliphatic heterocycles. The number of nitrogens with one attached hydrogen (secondary N) is 2. The lowest BCUT2D eigenvalue weighted by Gasteiger charge is -2.22. The van der Waals surface area contributed by atoms with E-state index >= 15 is 0 Å². The number of ether oxygens (including phenoxy) is 2. The van der Waals surface area contributed by atoms with Crippen molar-refractivity contribution >= 4 is 29.1 Å². The predicted molar refractivity (Wildman–Crippen MR) is 113 cm³/mol. The average Bonchev–Trinajstić information content (AvgIpc) is 2.91. The third kappa shape index (κ3) is 5.21. The zero-order valence-corrected chi connectivity index (χ0v) is 17.5. The number of fused-ring (bicyclic) bond motifs is 1. The second-order valence-corrected chi connectivity index (χ2v) is 7.79. The first-order chi connectivity index (χ1) is 13.8. The minimum Gasteiger partial charge on any atom is -0.490 e. The Balaban J connectivity index is 1.75. The predicted octanol–water partition coefficient (Wildman–Crippen LogP) is 4.20. The van der Waals surface area contributed by atoms with Gasteiger partial charge in [-0.05, 0) is 25.0 Å². The molecular weight excluding hydrogens is 392 g/mol. The third-order valence-corrected chi connectivity index (χ3v) is 4.96. The Bertz CT molecular complexity index is 896. The smallest absolute Gasteiger partial charge is 0.251 e. The second kappa shape index (κ2) is 9.18. The number of carbonyl (C=O) groups is 2. The molecule has 29 heavy (non-hydrogen) atoms. The maximum absolute atomic E-state index is 12.9. The molecule has 1 atom stereocenters. The number of halogens is 1. The SMILES string of the molecule is Cc1ccc(C(=O)N[C@H](C(=O)Nc2cc3c(cc2Cl)OCCCO3)C(C)C)cc1. The van der Waals surface area contributed by atoms with Crippen LogP contribution in [0.5, 0.6) is 11.5 Å². The van der Waals surface area contributed by atoms with Crippen molar-refractivity contribution in [2.24, 2.45) is 5.92 Å². The molecule has 6 nitrogen and oxygen atoms in total. The van der Waals surface area contributed by atoms with Crippen molar-refractivity contribution < 1.29 is 19.1 Å². The molecule has 7 heteroatoms. The average molecular weight is 417 g/mol. The van der Waals surface area contributed by atoms with Crippen molar-refractivity contribution in [2.75, 3.05) is 18.5 Å². The number of rotatable bonds is 5. The van der Waals surface area contributed by atoms with Gasteiger partial charge in [-0.25, -0.2) is 0 Å². The van der Waals surface area contributed by atoms with E-state index in [1.165, 1.54) is 0 Å². The van der Waals surface area contributed by atoms with Crippen LogP contribution in [-0.2, 0) is 4.79 Å². The summed E-state index contributed by atoms with van der Waals surface area (Å²) in [5, 5.41) is 5.96. The molecule has 0 aromatic heterocycles. The largest absolute Gasteiger partial charge is 0.490 e. The number of hydrogen-bond donors (Lipinski definition) is 2. The maximum Gasteiger partial charge on any atom is 0.251 e. The van der Waals surface area contributed by atoms with Gasteiger partial charge in [0.15, 0.2) is 11.5 Å². The summed E-state index contributed by atoms with van der Waals surface area (Å²) in [5.41, 5.74) is 1.97. The summed E-state index contributed by atoms with van der Waals surface area (Å²) < 4.78 is 11.3. The molecule has 2 aromatic carbocycles. The molecule has 0 bridgehead atoms. The van der Waals surface area contributed by atoms with Crippen molar-refractivity contribution in [2.45, 2.75) is 33.2 Å². The summed E-state index contributed by atoms with van der Waals surface area (Å²) in [6.45, 7) is 6.77. The van der Waals surface area contributed by atoms with E-state index in [0.717, 1.165) is 12.0 Å². The Kier molecular flexibility index (Phi) is 6.64. The Morgan fingerprint density at radius 1 is 1.03 bits per heavy atom. The zero-order valence-electron chi connectivity index (χ0n) is 16.8. The molecular formula is C22H25ClN2O4. The third-order valence-electron chi connectivity index (χ3n) is 4.64. The molecule has 1 heterocycles. The highest BCUT2D eigenvalue weighted by Crippen LogP contribution is 2.37. The topological polar surface area (TPSA) is 76.7 Å². The lowest BCUT2D eigenvalue weighted by atomic mass is 10.0. The lowest BCUT2D eigenvalue weighted by Crippen LogP contribution is -2.47. The van der Waals surface area contributed by atoms with E-state index in [-0.39, 0.29) is 17.7 Å². The number of hydrogen-bond acceptors (Lipinski definition) is 4. The van der Waals surface area contributed by atoms with Crippen LogP contribution in [0.25, 0.3) is 0 Å². The van der Waals surface area contributed by atoms with Crippen LogP contribution < -0.4 is 20.1 Å². The molecule has 0 saturated heterocycles. The molecule has 0 unspecified atom stereocenters. The number of carbonyl (C=O) groups excluding carboxylic acids is 2. The molecule has 0 aliphatic carbocycles. The van der Waals surface area contributed by atoms with Gasteiger partial charge in [-0.15, -0.1) is 0 Å². The molecule has 2 N–H and O–H groups in total. The van der Waals surface area contributed by atoms with Crippen molar-refractivity contribution in [3.8, 4) is 11.5 Å². The fourth-order valence-electron chi connectivity index (χ4n) is 2.95. The Morgan fingerprint density at radius 2 is 1.66 bits per heavy atom. The van der Waals surface area contributed by atoms with Crippen LogP contribution in [0.3, 0.4) is 0 Å². The molecule has 3 rings (SSSR count). The van der Waals surface area contributed by atoms with Gasteiger partial charge >= 0.3 is 0 Å². The van der Waals surface area contributed by atoms with Gasteiger partial charge < -0.3 is 20.1 Å². The second-order valence-electron chi connectivity index (χ2n) is 7.38. The summed E-state index contributed by atoms with van der Waals surface area (Å²) in [6.07, 6.45) is 0.772. The van der Waals surface area contributed by atoms with E-state index in [2.05, 4.69) is 10.6 Å². The quantitative estimate of drug-likeness (QED) is 0.765. The highest BCUT2D eigenvalue weighted by molar-refractivity contribution is 6.34. The molecule has 0 saturated carbocycles. The van der Waals surface area contributed by atoms with Crippen molar-refractivity contribution in [3.63, 3.8) is 0 Å². The summed E-state index contributed by atoms with van der Waals surface area (Å²) in [6, 6.07) is 9.75. The standard InChI is InChI=1S/C22H25ClN2O4/c1-13(2)20(25-21(26)15-7-5-14(3)6-8-15)22(27)24-17-12-19-18(11-16(17)23)28-9-4-10-29-19/h5-8,11-13,20H,4,9-10H2,1-3H3,(H,24,27)(H,25,26)/t20-/m0/s1. The highest BCUT2D eigenvalue weighted by atomic mass is 35.5. The van der Waals surface area contributed by atoms with Gasteiger partial charge in [0, 0.05) is 24.1 Å². The van der Waals surface area contributed by atoms with Crippen LogP contribution in [0.1, 0.15) is 36.2 Å². The first kappa shape index (κ1) is 21.0. The van der Waals surface area contributed by atoms with Crippen LogP contribution in [0.15, 0.2) is 36.4 Å². The molecule has 2 amide bonds. The summed E-state index contributed by atoms with van der Waals surface area (Å²) >= 11 is 6.32. The number of anilines is 1. The minimum absolute atomic E-state index is 0.122.